The van der Waals surface area contributed by atoms with Gasteiger partial charge < -0.3 is 9.47 Å². The van der Waals surface area contributed by atoms with E-state index in [4.69, 9.17) is 9.47 Å². The maximum atomic E-state index is 6.17. The van der Waals surface area contributed by atoms with Gasteiger partial charge in [0.2, 0.25) is 0 Å². The summed E-state index contributed by atoms with van der Waals surface area (Å²) < 4.78 is 14.4. The van der Waals surface area contributed by atoms with Crippen LogP contribution >= 0.6 is 63.7 Å². The Bertz CT molecular complexity index is 854. The van der Waals surface area contributed by atoms with Crippen molar-refractivity contribution in [3.05, 3.63) is 104 Å². The predicted octanol–water partition coefficient (Wildman–Crippen LogP) is 8.21. The van der Waals surface area contributed by atoms with Crippen molar-refractivity contribution in [1.82, 2.24) is 0 Å². The van der Waals surface area contributed by atoms with Crippen molar-refractivity contribution >= 4 is 63.7 Å². The third kappa shape index (κ3) is 6.75. The Kier molecular flexibility index (Phi) is 10.1. The van der Waals surface area contributed by atoms with Gasteiger partial charge in [-0.1, -0.05) is 112 Å². The molecule has 0 saturated heterocycles. The van der Waals surface area contributed by atoms with E-state index in [0.29, 0.717) is 13.2 Å². The number of hydrogen-bond donors (Lipinski definition) is 0. The molecule has 0 heterocycles. The molecule has 2 nitrogen and oxygen atoms in total. The average molecular weight is 662 g/mol. The van der Waals surface area contributed by atoms with E-state index in [1.807, 2.05) is 24.3 Å². The molecule has 0 amide bonds. The van der Waals surface area contributed by atoms with Crippen LogP contribution in [0.15, 0.2) is 81.7 Å². The molecule has 0 aromatic heterocycles. The van der Waals surface area contributed by atoms with Gasteiger partial charge in [-0.2, -0.15) is 0 Å². The smallest absolute Gasteiger partial charge is 0.108 e. The standard InChI is InChI=1S/C24H22Br4O2/c25-11-13-29-23(19-3-1-5-21(27)15-19)17-7-9-18(10-8-17)24(30-14-12-26)20-4-2-6-22(28)16-20/h1-10,15-16,23-24H,11-14H2. The predicted molar refractivity (Wildman–Crippen MR) is 138 cm³/mol. The van der Waals surface area contributed by atoms with E-state index >= 15 is 0 Å². The van der Waals surface area contributed by atoms with Crippen LogP contribution in [0.3, 0.4) is 0 Å². The third-order valence-corrected chi connectivity index (χ3v) is 6.20. The fraction of sp³-hybridized carbons (Fsp3) is 0.250. The van der Waals surface area contributed by atoms with Crippen molar-refractivity contribution in [2.45, 2.75) is 12.2 Å². The molecule has 0 saturated carbocycles. The lowest BCUT2D eigenvalue weighted by Crippen LogP contribution is -2.10. The molecule has 0 aliphatic carbocycles. The maximum absolute atomic E-state index is 6.17. The van der Waals surface area contributed by atoms with Crippen LogP contribution in [-0.2, 0) is 9.47 Å². The summed E-state index contributed by atoms with van der Waals surface area (Å²) in [4.78, 5) is 0. The zero-order valence-electron chi connectivity index (χ0n) is 16.2. The Morgan fingerprint density at radius 3 is 1.30 bits per heavy atom. The molecule has 0 spiro atoms. The summed E-state index contributed by atoms with van der Waals surface area (Å²) >= 11 is 14.1. The lowest BCUT2D eigenvalue weighted by Gasteiger charge is -2.22. The van der Waals surface area contributed by atoms with Gasteiger partial charge in [0.05, 0.1) is 13.2 Å². The second-order valence-electron chi connectivity index (χ2n) is 6.66. The fourth-order valence-electron chi connectivity index (χ4n) is 3.28. The first kappa shape index (κ1) is 24.1. The zero-order valence-corrected chi connectivity index (χ0v) is 22.6. The number of alkyl halides is 2. The molecular formula is C24H22Br4O2. The van der Waals surface area contributed by atoms with Crippen LogP contribution in [0.1, 0.15) is 34.5 Å². The molecular weight excluding hydrogens is 640 g/mol. The quantitative estimate of drug-likeness (QED) is 0.204. The number of rotatable bonds is 10. The molecule has 158 valence electrons. The van der Waals surface area contributed by atoms with Crippen molar-refractivity contribution in [2.75, 3.05) is 23.9 Å². The van der Waals surface area contributed by atoms with Gasteiger partial charge >= 0.3 is 0 Å². The van der Waals surface area contributed by atoms with Crippen LogP contribution in [0, 0.1) is 0 Å². The summed E-state index contributed by atoms with van der Waals surface area (Å²) in [5, 5.41) is 1.59. The molecule has 2 atom stereocenters. The fourth-order valence-corrected chi connectivity index (χ4v) is 4.49. The molecule has 0 aliphatic heterocycles. The van der Waals surface area contributed by atoms with Crippen molar-refractivity contribution in [3.8, 4) is 0 Å². The number of benzene rings is 3. The minimum absolute atomic E-state index is 0.123. The Labute approximate surface area is 211 Å². The lowest BCUT2D eigenvalue weighted by molar-refractivity contribution is 0.0916. The van der Waals surface area contributed by atoms with Gasteiger partial charge in [0.15, 0.2) is 0 Å². The minimum atomic E-state index is -0.123. The third-order valence-electron chi connectivity index (χ3n) is 4.57. The summed E-state index contributed by atoms with van der Waals surface area (Å²) in [6.45, 7) is 1.27. The molecule has 0 aliphatic rings. The van der Waals surface area contributed by atoms with E-state index in [1.165, 1.54) is 0 Å². The summed E-state index contributed by atoms with van der Waals surface area (Å²) in [5.74, 6) is 0. The topological polar surface area (TPSA) is 18.5 Å². The zero-order chi connectivity index (χ0) is 21.3. The van der Waals surface area contributed by atoms with Crippen LogP contribution in [0.4, 0.5) is 0 Å². The molecule has 3 rings (SSSR count). The van der Waals surface area contributed by atoms with Gasteiger partial charge in [0.1, 0.15) is 12.2 Å². The molecule has 3 aromatic carbocycles. The van der Waals surface area contributed by atoms with Crippen LogP contribution in [0.25, 0.3) is 0 Å². The maximum Gasteiger partial charge on any atom is 0.108 e. The first-order chi connectivity index (χ1) is 14.6. The monoisotopic (exact) mass is 658 g/mol. The minimum Gasteiger partial charge on any atom is -0.368 e. The molecule has 0 fully saturated rings. The average Bonchev–Trinajstić information content (AvgIpc) is 2.75. The Morgan fingerprint density at radius 1 is 0.567 bits per heavy atom. The van der Waals surface area contributed by atoms with Gasteiger partial charge in [-0.15, -0.1) is 0 Å². The van der Waals surface area contributed by atoms with E-state index in [1.54, 1.807) is 0 Å². The first-order valence-corrected chi connectivity index (χ1v) is 13.4. The van der Waals surface area contributed by atoms with E-state index in [9.17, 15) is 0 Å². The molecule has 0 radical (unpaired) electrons. The Morgan fingerprint density at radius 2 is 0.967 bits per heavy atom. The van der Waals surface area contributed by atoms with E-state index in [-0.39, 0.29) is 12.2 Å². The van der Waals surface area contributed by atoms with E-state index in [2.05, 4.69) is 112 Å². The molecule has 0 bridgehead atoms. The molecule has 3 aromatic rings. The van der Waals surface area contributed by atoms with Gasteiger partial charge in [0.25, 0.3) is 0 Å². The highest BCUT2D eigenvalue weighted by Gasteiger charge is 2.18. The van der Waals surface area contributed by atoms with Crippen molar-refractivity contribution in [3.63, 3.8) is 0 Å². The number of halogens is 4. The molecule has 30 heavy (non-hydrogen) atoms. The van der Waals surface area contributed by atoms with Gasteiger partial charge in [-0.25, -0.2) is 0 Å². The highest BCUT2D eigenvalue weighted by molar-refractivity contribution is 9.11. The van der Waals surface area contributed by atoms with E-state index < -0.39 is 0 Å². The van der Waals surface area contributed by atoms with Crippen LogP contribution in [-0.4, -0.2) is 23.9 Å². The lowest BCUT2D eigenvalue weighted by atomic mass is 9.96. The SMILES string of the molecule is BrCCOC(c1ccc(C(OCCBr)c2cccc(Br)c2)cc1)c1cccc(Br)c1. The van der Waals surface area contributed by atoms with Crippen LogP contribution < -0.4 is 0 Å². The normalized spacial score (nSPS) is 13.2. The largest absolute Gasteiger partial charge is 0.368 e. The van der Waals surface area contributed by atoms with Gasteiger partial charge in [-0.05, 0) is 46.5 Å². The summed E-state index contributed by atoms with van der Waals surface area (Å²) in [6, 6.07) is 25.1. The van der Waals surface area contributed by atoms with Crippen LogP contribution in [0.2, 0.25) is 0 Å². The summed E-state index contributed by atoms with van der Waals surface area (Å²) in [7, 11) is 0. The van der Waals surface area contributed by atoms with Crippen molar-refractivity contribution in [2.24, 2.45) is 0 Å². The molecule has 0 N–H and O–H groups in total. The van der Waals surface area contributed by atoms with Crippen molar-refractivity contribution in [1.29, 1.82) is 0 Å². The molecule has 2 unspecified atom stereocenters. The second kappa shape index (κ2) is 12.5. The van der Waals surface area contributed by atoms with Crippen LogP contribution in [0.5, 0.6) is 0 Å². The summed E-state index contributed by atoms with van der Waals surface area (Å²) in [5.41, 5.74) is 4.48. The Hall–Kier alpha value is -0.500. The highest BCUT2D eigenvalue weighted by Crippen LogP contribution is 2.32. The number of hydrogen-bond acceptors (Lipinski definition) is 2. The van der Waals surface area contributed by atoms with Crippen molar-refractivity contribution < 1.29 is 9.47 Å². The van der Waals surface area contributed by atoms with Gasteiger partial charge in [-0.3, -0.25) is 0 Å². The number of ether oxygens (including phenoxy) is 2. The van der Waals surface area contributed by atoms with Gasteiger partial charge in [0, 0.05) is 19.6 Å². The highest BCUT2D eigenvalue weighted by atomic mass is 79.9. The van der Waals surface area contributed by atoms with E-state index in [0.717, 1.165) is 41.9 Å². The Balaban J connectivity index is 1.90. The second-order valence-corrected chi connectivity index (χ2v) is 10.1. The first-order valence-electron chi connectivity index (χ1n) is 9.58. The summed E-state index contributed by atoms with van der Waals surface area (Å²) in [6.07, 6.45) is -0.247. The molecule has 6 heteroatoms.